The first kappa shape index (κ1) is 13.6. The summed E-state index contributed by atoms with van der Waals surface area (Å²) in [5.74, 6) is 0.603. The average molecular weight is 267 g/mol. The lowest BCUT2D eigenvalue weighted by molar-refractivity contribution is 0.407. The largest absolute Gasteiger partial charge is 0.214 e. The number of rotatable bonds is 4. The second kappa shape index (κ2) is 5.41. The molecule has 1 aromatic rings. The minimum absolute atomic E-state index is 0.117. The van der Waals surface area contributed by atoms with Crippen LogP contribution < -0.4 is 0 Å². The predicted octanol–water partition coefficient (Wildman–Crippen LogP) is 2.60. The molecule has 1 aliphatic heterocycles. The van der Waals surface area contributed by atoms with Crippen molar-refractivity contribution in [3.8, 4) is 0 Å². The van der Waals surface area contributed by atoms with E-state index in [0.29, 0.717) is 18.9 Å². The first-order valence-corrected chi connectivity index (χ1v) is 8.20. The molecular formula is C14H21NO2S. The molecule has 0 radical (unpaired) electrons. The summed E-state index contributed by atoms with van der Waals surface area (Å²) in [5.41, 5.74) is 1.25. The predicted molar refractivity (Wildman–Crippen MR) is 74.0 cm³/mol. The van der Waals surface area contributed by atoms with Gasteiger partial charge in [-0.15, -0.1) is 0 Å². The van der Waals surface area contributed by atoms with Gasteiger partial charge in [0.2, 0.25) is 10.0 Å². The summed E-state index contributed by atoms with van der Waals surface area (Å²) in [6, 6.07) is 10.3. The Bertz CT molecular complexity index is 484. The van der Waals surface area contributed by atoms with Crippen LogP contribution in [0.5, 0.6) is 0 Å². The normalized spacial score (nSPS) is 25.4. The fourth-order valence-corrected chi connectivity index (χ4v) is 4.52. The van der Waals surface area contributed by atoms with E-state index in [9.17, 15) is 8.42 Å². The highest BCUT2D eigenvalue weighted by Gasteiger charge is 2.36. The number of nitrogens with zero attached hydrogens (tertiary/aromatic N) is 1. The summed E-state index contributed by atoms with van der Waals surface area (Å²) in [6.45, 7) is 4.55. The zero-order valence-corrected chi connectivity index (χ0v) is 11.9. The van der Waals surface area contributed by atoms with Crippen LogP contribution in [0.4, 0.5) is 0 Å². The van der Waals surface area contributed by atoms with Crippen LogP contribution in [0.25, 0.3) is 0 Å². The molecule has 1 aromatic carbocycles. The molecule has 1 heterocycles. The number of hydrogen-bond donors (Lipinski definition) is 0. The number of sulfonamides is 1. The van der Waals surface area contributed by atoms with Crippen LogP contribution in [-0.4, -0.2) is 31.1 Å². The second-order valence-electron chi connectivity index (χ2n) is 5.08. The summed E-state index contributed by atoms with van der Waals surface area (Å²) in [5, 5.41) is 0. The molecule has 0 N–H and O–H groups in total. The van der Waals surface area contributed by atoms with E-state index < -0.39 is 10.0 Å². The molecule has 0 saturated carbocycles. The lowest BCUT2D eigenvalue weighted by atomic mass is 9.97. The zero-order chi connectivity index (χ0) is 13.2. The van der Waals surface area contributed by atoms with Crippen LogP contribution >= 0.6 is 0 Å². The quantitative estimate of drug-likeness (QED) is 0.841. The molecule has 1 aliphatic rings. The molecule has 1 fully saturated rings. The molecule has 2 atom stereocenters. The van der Waals surface area contributed by atoms with Crippen molar-refractivity contribution >= 4 is 10.0 Å². The van der Waals surface area contributed by atoms with Crippen LogP contribution in [0.3, 0.4) is 0 Å². The van der Waals surface area contributed by atoms with Crippen LogP contribution in [0.1, 0.15) is 38.2 Å². The number of benzene rings is 1. The van der Waals surface area contributed by atoms with Gasteiger partial charge in [-0.2, -0.15) is 4.31 Å². The van der Waals surface area contributed by atoms with Crippen molar-refractivity contribution in [2.24, 2.45) is 0 Å². The Morgan fingerprint density at radius 3 is 2.56 bits per heavy atom. The maximum Gasteiger partial charge on any atom is 0.214 e. The molecule has 0 amide bonds. The van der Waals surface area contributed by atoms with Crippen molar-refractivity contribution in [3.05, 3.63) is 35.9 Å². The average Bonchev–Trinajstić information content (AvgIpc) is 2.73. The van der Waals surface area contributed by atoms with Gasteiger partial charge in [-0.1, -0.05) is 37.3 Å². The molecule has 4 heteroatoms. The van der Waals surface area contributed by atoms with E-state index >= 15 is 0 Å². The maximum absolute atomic E-state index is 12.1. The molecule has 0 spiro atoms. The molecule has 100 valence electrons. The second-order valence-corrected chi connectivity index (χ2v) is 7.12. The maximum atomic E-state index is 12.1. The Kier molecular flexibility index (Phi) is 4.07. The topological polar surface area (TPSA) is 37.4 Å². The van der Waals surface area contributed by atoms with Gasteiger partial charge >= 0.3 is 0 Å². The third kappa shape index (κ3) is 2.75. The molecule has 0 bridgehead atoms. The van der Waals surface area contributed by atoms with E-state index in [1.807, 2.05) is 32.0 Å². The number of hydrogen-bond acceptors (Lipinski definition) is 2. The minimum atomic E-state index is -3.07. The van der Waals surface area contributed by atoms with Gasteiger partial charge in [0.1, 0.15) is 0 Å². The Hall–Kier alpha value is -0.870. The van der Waals surface area contributed by atoms with E-state index in [0.717, 1.165) is 6.42 Å². The smallest absolute Gasteiger partial charge is 0.212 e. The highest BCUT2D eigenvalue weighted by Crippen LogP contribution is 2.33. The van der Waals surface area contributed by atoms with E-state index in [2.05, 4.69) is 12.1 Å². The van der Waals surface area contributed by atoms with Crippen LogP contribution in [0, 0.1) is 0 Å². The Morgan fingerprint density at radius 2 is 1.94 bits per heavy atom. The molecule has 3 nitrogen and oxygen atoms in total. The first-order valence-electron chi connectivity index (χ1n) is 6.59. The van der Waals surface area contributed by atoms with Crippen molar-refractivity contribution in [2.45, 2.75) is 38.6 Å². The van der Waals surface area contributed by atoms with Gasteiger partial charge in [0, 0.05) is 12.6 Å². The summed E-state index contributed by atoms with van der Waals surface area (Å²) in [6.07, 6.45) is 1.61. The molecular weight excluding hydrogens is 246 g/mol. The van der Waals surface area contributed by atoms with Crippen molar-refractivity contribution in [2.75, 3.05) is 12.3 Å². The van der Waals surface area contributed by atoms with Gasteiger partial charge < -0.3 is 0 Å². The van der Waals surface area contributed by atoms with Gasteiger partial charge in [-0.25, -0.2) is 8.42 Å². The van der Waals surface area contributed by atoms with Crippen molar-refractivity contribution < 1.29 is 8.42 Å². The van der Waals surface area contributed by atoms with E-state index in [-0.39, 0.29) is 11.8 Å². The Balaban J connectivity index is 2.15. The van der Waals surface area contributed by atoms with Crippen molar-refractivity contribution in [1.29, 1.82) is 0 Å². The van der Waals surface area contributed by atoms with E-state index in [4.69, 9.17) is 0 Å². The summed E-state index contributed by atoms with van der Waals surface area (Å²) < 4.78 is 26.0. The van der Waals surface area contributed by atoms with Gasteiger partial charge in [-0.3, -0.25) is 0 Å². The molecule has 0 aliphatic carbocycles. The van der Waals surface area contributed by atoms with Crippen molar-refractivity contribution in [3.63, 3.8) is 0 Å². The standard InChI is InChI=1S/C14H21NO2S/c1-3-9-18(16,17)15-11-14(10-12(15)2)13-7-5-4-6-8-13/h4-8,12,14H,3,9-11H2,1-2H3. The molecule has 0 aromatic heterocycles. The molecule has 2 unspecified atom stereocenters. The Morgan fingerprint density at radius 1 is 1.28 bits per heavy atom. The molecule has 1 saturated heterocycles. The van der Waals surface area contributed by atoms with Gasteiger partial charge in [0.15, 0.2) is 0 Å². The highest BCUT2D eigenvalue weighted by molar-refractivity contribution is 7.89. The first-order chi connectivity index (χ1) is 8.54. The lowest BCUT2D eigenvalue weighted by Crippen LogP contribution is -2.35. The molecule has 18 heavy (non-hydrogen) atoms. The monoisotopic (exact) mass is 267 g/mol. The van der Waals surface area contributed by atoms with Crippen LogP contribution in [-0.2, 0) is 10.0 Å². The van der Waals surface area contributed by atoms with Crippen molar-refractivity contribution in [1.82, 2.24) is 4.31 Å². The minimum Gasteiger partial charge on any atom is -0.212 e. The molecule has 2 rings (SSSR count). The lowest BCUT2D eigenvalue weighted by Gasteiger charge is -2.20. The van der Waals surface area contributed by atoms with Crippen LogP contribution in [0.15, 0.2) is 30.3 Å². The summed E-state index contributed by atoms with van der Waals surface area (Å²) in [7, 11) is -3.07. The van der Waals surface area contributed by atoms with E-state index in [1.165, 1.54) is 5.56 Å². The fraction of sp³-hybridized carbons (Fsp3) is 0.571. The highest BCUT2D eigenvalue weighted by atomic mass is 32.2. The zero-order valence-electron chi connectivity index (χ0n) is 11.0. The van der Waals surface area contributed by atoms with Crippen LogP contribution in [0.2, 0.25) is 0 Å². The fourth-order valence-electron chi connectivity index (χ4n) is 2.73. The van der Waals surface area contributed by atoms with Gasteiger partial charge in [0.25, 0.3) is 0 Å². The van der Waals surface area contributed by atoms with Gasteiger partial charge in [0.05, 0.1) is 5.75 Å². The van der Waals surface area contributed by atoms with E-state index in [1.54, 1.807) is 4.31 Å². The third-order valence-corrected chi connectivity index (χ3v) is 5.76. The Labute approximate surface area is 110 Å². The third-order valence-electron chi connectivity index (χ3n) is 3.61. The summed E-state index contributed by atoms with van der Waals surface area (Å²) >= 11 is 0. The summed E-state index contributed by atoms with van der Waals surface area (Å²) in [4.78, 5) is 0. The SMILES string of the molecule is CCCS(=O)(=O)N1CC(c2ccccc2)CC1C. The van der Waals surface area contributed by atoms with Gasteiger partial charge in [-0.05, 0) is 31.2 Å².